The second-order valence-electron chi connectivity index (χ2n) is 10.7. The molecule has 1 aliphatic carbocycles. The lowest BCUT2D eigenvalue weighted by atomic mass is 9.71. The number of unbranched alkanes of at least 4 members (excludes halogenated alkanes) is 7. The molecule has 1 saturated carbocycles. The van der Waals surface area contributed by atoms with Gasteiger partial charge >= 0.3 is 5.97 Å². The van der Waals surface area contributed by atoms with E-state index in [9.17, 15) is 10.1 Å². The minimum atomic E-state index is -0.271. The molecule has 0 heterocycles. The Morgan fingerprint density at radius 1 is 0.838 bits per heavy atom. The fourth-order valence-corrected chi connectivity index (χ4v) is 5.23. The summed E-state index contributed by atoms with van der Waals surface area (Å²) in [5, 5.41) is 9.83. The average molecular weight is 504 g/mol. The van der Waals surface area contributed by atoms with Crippen LogP contribution in [0.5, 0.6) is 5.75 Å². The van der Waals surface area contributed by atoms with E-state index in [1.807, 2.05) is 36.4 Å². The number of esters is 1. The molecule has 3 rings (SSSR count). The second kappa shape index (κ2) is 15.5. The van der Waals surface area contributed by atoms with Crippen LogP contribution in [0.3, 0.4) is 0 Å². The van der Waals surface area contributed by atoms with Gasteiger partial charge in [-0.2, -0.15) is 5.26 Å². The lowest BCUT2D eigenvalue weighted by Crippen LogP contribution is -2.31. The Morgan fingerprint density at radius 3 is 2.00 bits per heavy atom. The molecule has 0 N–H and O–H groups in total. The molecule has 4 heteroatoms. The minimum Gasteiger partial charge on any atom is -0.494 e. The largest absolute Gasteiger partial charge is 0.494 e. The van der Waals surface area contributed by atoms with Crippen molar-refractivity contribution in [2.45, 2.75) is 110 Å². The predicted molar refractivity (Wildman–Crippen MR) is 151 cm³/mol. The first-order valence-electron chi connectivity index (χ1n) is 14.5. The van der Waals surface area contributed by atoms with Gasteiger partial charge in [-0.25, -0.2) is 4.79 Å². The smallest absolute Gasteiger partial charge is 0.338 e. The molecule has 2 aromatic carbocycles. The van der Waals surface area contributed by atoms with Crippen LogP contribution in [0.15, 0.2) is 48.5 Å². The molecule has 1 aliphatic rings. The predicted octanol–water partition coefficient (Wildman–Crippen LogP) is 9.28. The molecular formula is C33H45NO3. The topological polar surface area (TPSA) is 59.3 Å². The van der Waals surface area contributed by atoms with Crippen molar-refractivity contribution in [3.63, 3.8) is 0 Å². The molecule has 0 unspecified atom stereocenters. The number of carbonyl (C=O) groups excluding carboxylic acids is 1. The number of hydrogen-bond acceptors (Lipinski definition) is 4. The Balaban J connectivity index is 1.44. The number of ether oxygens (including phenoxy) is 2. The van der Waals surface area contributed by atoms with E-state index >= 15 is 0 Å². The van der Waals surface area contributed by atoms with Gasteiger partial charge in [-0.15, -0.1) is 0 Å². The lowest BCUT2D eigenvalue weighted by Gasteiger charge is -2.34. The zero-order valence-corrected chi connectivity index (χ0v) is 23.0. The Labute approximate surface area is 224 Å². The summed E-state index contributed by atoms with van der Waals surface area (Å²) in [6.07, 6.45) is 15.0. The fourth-order valence-electron chi connectivity index (χ4n) is 5.23. The Bertz CT molecular complexity index is 966. The van der Waals surface area contributed by atoms with Crippen LogP contribution in [0, 0.1) is 16.7 Å². The van der Waals surface area contributed by atoms with Crippen molar-refractivity contribution >= 4 is 5.97 Å². The van der Waals surface area contributed by atoms with E-state index in [0.29, 0.717) is 5.56 Å². The molecule has 0 bridgehead atoms. The maximum absolute atomic E-state index is 12.8. The highest BCUT2D eigenvalue weighted by atomic mass is 16.5. The summed E-state index contributed by atoms with van der Waals surface area (Å²) in [6.45, 7) is 5.19. The van der Waals surface area contributed by atoms with E-state index in [4.69, 9.17) is 9.47 Å². The third-order valence-corrected chi connectivity index (χ3v) is 7.73. The third kappa shape index (κ3) is 9.22. The maximum atomic E-state index is 12.8. The van der Waals surface area contributed by atoms with Gasteiger partial charge in [0.25, 0.3) is 0 Å². The summed E-state index contributed by atoms with van der Waals surface area (Å²) >= 11 is 0. The first kappa shape index (κ1) is 28.8. The summed E-state index contributed by atoms with van der Waals surface area (Å²) in [5.41, 5.74) is 2.49. The van der Waals surface area contributed by atoms with E-state index in [-0.39, 0.29) is 17.5 Å². The number of nitrogens with zero attached hydrogens (tertiary/aromatic N) is 1. The first-order valence-corrected chi connectivity index (χ1v) is 14.5. The highest BCUT2D eigenvalue weighted by molar-refractivity contribution is 5.90. The number of nitriles is 1. The normalized spacial score (nSPS) is 19.2. The van der Waals surface area contributed by atoms with Gasteiger partial charge in [-0.1, -0.05) is 89.5 Å². The molecular weight excluding hydrogens is 458 g/mol. The highest BCUT2D eigenvalue weighted by Crippen LogP contribution is 2.41. The van der Waals surface area contributed by atoms with E-state index in [0.717, 1.165) is 68.4 Å². The van der Waals surface area contributed by atoms with Gasteiger partial charge in [0, 0.05) is 0 Å². The van der Waals surface area contributed by atoms with Crippen LogP contribution in [-0.2, 0) is 4.74 Å². The highest BCUT2D eigenvalue weighted by Gasteiger charge is 2.36. The zero-order chi connectivity index (χ0) is 26.3. The Kier molecular flexibility index (Phi) is 12.0. The van der Waals surface area contributed by atoms with Crippen molar-refractivity contribution in [1.29, 1.82) is 5.26 Å². The van der Waals surface area contributed by atoms with Crippen LogP contribution in [0.25, 0.3) is 11.1 Å². The van der Waals surface area contributed by atoms with Crippen molar-refractivity contribution in [2.24, 2.45) is 5.41 Å². The van der Waals surface area contributed by atoms with Crippen LogP contribution in [0.1, 0.15) is 114 Å². The molecule has 0 saturated heterocycles. The van der Waals surface area contributed by atoms with Crippen LogP contribution in [0.2, 0.25) is 0 Å². The second-order valence-corrected chi connectivity index (χ2v) is 10.7. The lowest BCUT2D eigenvalue weighted by molar-refractivity contribution is 0.0105. The summed E-state index contributed by atoms with van der Waals surface area (Å²) in [7, 11) is 0. The number of hydrogen-bond donors (Lipinski definition) is 0. The molecule has 200 valence electrons. The average Bonchev–Trinajstić information content (AvgIpc) is 2.94. The summed E-state index contributed by atoms with van der Waals surface area (Å²) < 4.78 is 11.7. The van der Waals surface area contributed by atoms with Crippen molar-refractivity contribution in [2.75, 3.05) is 6.61 Å². The summed E-state index contributed by atoms with van der Waals surface area (Å²) in [6, 6.07) is 18.4. The van der Waals surface area contributed by atoms with Gasteiger partial charge in [-0.05, 0) is 73.9 Å². The van der Waals surface area contributed by atoms with Gasteiger partial charge in [0.2, 0.25) is 0 Å². The van der Waals surface area contributed by atoms with E-state index in [1.54, 1.807) is 0 Å². The van der Waals surface area contributed by atoms with Crippen LogP contribution in [-0.4, -0.2) is 18.7 Å². The number of rotatable bonds is 15. The molecule has 0 radical (unpaired) electrons. The molecule has 0 amide bonds. The van der Waals surface area contributed by atoms with Gasteiger partial charge in [-0.3, -0.25) is 0 Å². The van der Waals surface area contributed by atoms with E-state index in [2.05, 4.69) is 32.0 Å². The SMILES string of the molecule is CCCCCCCC1(C#N)CCC(OC(=O)c2ccc(-c3ccc(OCCCCCC)cc3)cc2)CC1. The van der Waals surface area contributed by atoms with Crippen molar-refractivity contribution in [3.8, 4) is 22.9 Å². The molecule has 0 aromatic heterocycles. The summed E-state index contributed by atoms with van der Waals surface area (Å²) in [5.74, 6) is 0.622. The third-order valence-electron chi connectivity index (χ3n) is 7.73. The van der Waals surface area contributed by atoms with E-state index < -0.39 is 0 Å². The van der Waals surface area contributed by atoms with Crippen LogP contribution < -0.4 is 4.74 Å². The molecule has 1 fully saturated rings. The number of benzene rings is 2. The standard InChI is InChI=1S/C33H45NO3/c1-3-5-7-9-10-22-33(26-34)23-20-31(21-24-33)37-32(35)29-14-12-27(13-15-29)28-16-18-30(19-17-28)36-25-11-8-6-4-2/h12-19,31H,3-11,20-25H2,1-2H3. The van der Waals surface area contributed by atoms with Gasteiger partial charge in [0.05, 0.1) is 23.7 Å². The molecule has 37 heavy (non-hydrogen) atoms. The monoisotopic (exact) mass is 503 g/mol. The molecule has 0 spiro atoms. The van der Waals surface area contributed by atoms with Crippen molar-refractivity contribution < 1.29 is 14.3 Å². The first-order chi connectivity index (χ1) is 18.1. The van der Waals surface area contributed by atoms with Gasteiger partial charge in [0.1, 0.15) is 11.9 Å². The summed E-state index contributed by atoms with van der Waals surface area (Å²) in [4.78, 5) is 12.8. The van der Waals surface area contributed by atoms with Crippen LogP contribution >= 0.6 is 0 Å². The molecule has 0 atom stereocenters. The zero-order valence-electron chi connectivity index (χ0n) is 23.0. The fraction of sp³-hybridized carbons (Fsp3) is 0.576. The molecule has 0 aliphatic heterocycles. The van der Waals surface area contributed by atoms with Gasteiger partial charge < -0.3 is 9.47 Å². The van der Waals surface area contributed by atoms with Gasteiger partial charge in [0.15, 0.2) is 0 Å². The van der Waals surface area contributed by atoms with E-state index in [1.165, 1.54) is 44.9 Å². The quantitative estimate of drug-likeness (QED) is 0.179. The van der Waals surface area contributed by atoms with Crippen LogP contribution in [0.4, 0.5) is 0 Å². The molecule has 2 aromatic rings. The van der Waals surface area contributed by atoms with Crippen molar-refractivity contribution in [1.82, 2.24) is 0 Å². The minimum absolute atomic E-state index is 0.0942. The maximum Gasteiger partial charge on any atom is 0.338 e. The number of carbonyl (C=O) groups is 1. The molecule has 4 nitrogen and oxygen atoms in total. The Morgan fingerprint density at radius 2 is 1.41 bits per heavy atom. The Hall–Kier alpha value is -2.80. The van der Waals surface area contributed by atoms with Crippen molar-refractivity contribution in [3.05, 3.63) is 54.1 Å².